The molecule has 0 amide bonds. The molecule has 0 radical (unpaired) electrons. The average Bonchev–Trinajstić information content (AvgIpc) is 2.77. The molecule has 1 saturated heterocycles. The number of amidine groups is 1. The Labute approximate surface area is 73.0 Å². The summed E-state index contributed by atoms with van der Waals surface area (Å²) < 4.78 is 5.30. The normalized spacial score (nSPS) is 37.2. The molecular weight excluding hydrogens is 152 g/mol. The van der Waals surface area contributed by atoms with Gasteiger partial charge in [0.1, 0.15) is 0 Å². The molecule has 1 heterocycles. The molecule has 1 aliphatic heterocycles. The molecule has 1 saturated carbocycles. The van der Waals surface area contributed by atoms with E-state index in [-0.39, 0.29) is 5.54 Å². The highest BCUT2D eigenvalue weighted by Gasteiger charge is 2.32. The summed E-state index contributed by atoms with van der Waals surface area (Å²) in [6.07, 6.45) is 3.47. The maximum absolute atomic E-state index is 5.84. The fraction of sp³-hybridized carbons (Fsp3) is 0.889. The Kier molecular flexibility index (Phi) is 1.83. The number of ether oxygens (including phenoxy) is 1. The van der Waals surface area contributed by atoms with E-state index >= 15 is 0 Å². The quantitative estimate of drug-likeness (QED) is 0.492. The molecule has 12 heavy (non-hydrogen) atoms. The Morgan fingerprint density at radius 1 is 1.58 bits per heavy atom. The van der Waals surface area contributed by atoms with Crippen LogP contribution in [0.2, 0.25) is 0 Å². The van der Waals surface area contributed by atoms with Crippen molar-refractivity contribution in [1.82, 2.24) is 0 Å². The first-order valence-electron chi connectivity index (χ1n) is 4.63. The monoisotopic (exact) mass is 168 g/mol. The van der Waals surface area contributed by atoms with Crippen LogP contribution < -0.4 is 5.73 Å². The molecule has 0 aromatic rings. The summed E-state index contributed by atoms with van der Waals surface area (Å²) in [5, 5.41) is 0. The van der Waals surface area contributed by atoms with Crippen LogP contribution in [-0.2, 0) is 4.74 Å². The van der Waals surface area contributed by atoms with Crippen molar-refractivity contribution in [3.63, 3.8) is 0 Å². The van der Waals surface area contributed by atoms with Crippen LogP contribution in [0, 0.1) is 5.92 Å². The third-order valence-corrected chi connectivity index (χ3v) is 2.59. The lowest BCUT2D eigenvalue weighted by atomic mass is 10.0. The highest BCUT2D eigenvalue weighted by Crippen LogP contribution is 2.31. The van der Waals surface area contributed by atoms with Gasteiger partial charge in [0.05, 0.1) is 18.0 Å². The van der Waals surface area contributed by atoms with Crippen molar-refractivity contribution in [2.45, 2.75) is 31.7 Å². The second-order valence-corrected chi connectivity index (χ2v) is 4.11. The van der Waals surface area contributed by atoms with Gasteiger partial charge in [-0.2, -0.15) is 0 Å². The smallest absolute Gasteiger partial charge is 0.0976 e. The van der Waals surface area contributed by atoms with Crippen molar-refractivity contribution in [3.05, 3.63) is 0 Å². The van der Waals surface area contributed by atoms with E-state index in [4.69, 9.17) is 10.5 Å². The highest BCUT2D eigenvalue weighted by molar-refractivity contribution is 5.85. The van der Waals surface area contributed by atoms with Crippen LogP contribution in [0.5, 0.6) is 0 Å². The standard InChI is InChI=1S/C9H16N2O/c1-9(4-5-12-6-9)11-8(10)7-2-3-7/h7H,2-6H2,1H3,(H2,10,11). The highest BCUT2D eigenvalue weighted by atomic mass is 16.5. The maximum atomic E-state index is 5.84. The van der Waals surface area contributed by atoms with E-state index in [2.05, 4.69) is 11.9 Å². The molecule has 2 N–H and O–H groups in total. The Balaban J connectivity index is 2.02. The SMILES string of the molecule is CC1(N=C(N)C2CC2)CCOC1. The summed E-state index contributed by atoms with van der Waals surface area (Å²) in [6.45, 7) is 3.69. The van der Waals surface area contributed by atoms with Crippen molar-refractivity contribution in [1.29, 1.82) is 0 Å². The predicted molar refractivity (Wildman–Crippen MR) is 48.2 cm³/mol. The Morgan fingerprint density at radius 2 is 2.33 bits per heavy atom. The lowest BCUT2D eigenvalue weighted by Gasteiger charge is -2.16. The van der Waals surface area contributed by atoms with Crippen molar-refractivity contribution >= 4 is 5.84 Å². The van der Waals surface area contributed by atoms with E-state index in [0.29, 0.717) is 5.92 Å². The summed E-state index contributed by atoms with van der Waals surface area (Å²) in [7, 11) is 0. The molecule has 3 heteroatoms. The fourth-order valence-corrected chi connectivity index (χ4v) is 1.53. The van der Waals surface area contributed by atoms with Crippen LogP contribution in [0.3, 0.4) is 0 Å². The minimum absolute atomic E-state index is 0.0212. The molecule has 2 fully saturated rings. The third kappa shape index (κ3) is 1.61. The zero-order valence-electron chi connectivity index (χ0n) is 7.55. The number of aliphatic imine (C=N–C) groups is 1. The molecule has 1 atom stereocenters. The van der Waals surface area contributed by atoms with E-state index in [1.54, 1.807) is 0 Å². The number of nitrogens with two attached hydrogens (primary N) is 1. The first kappa shape index (κ1) is 8.05. The van der Waals surface area contributed by atoms with Crippen LogP contribution in [-0.4, -0.2) is 24.6 Å². The number of hydrogen-bond acceptors (Lipinski definition) is 2. The van der Waals surface area contributed by atoms with Gasteiger partial charge in [-0.1, -0.05) is 0 Å². The first-order valence-corrected chi connectivity index (χ1v) is 4.63. The van der Waals surface area contributed by atoms with Crippen molar-refractivity contribution in [2.24, 2.45) is 16.6 Å². The molecule has 3 nitrogen and oxygen atoms in total. The van der Waals surface area contributed by atoms with E-state index < -0.39 is 0 Å². The van der Waals surface area contributed by atoms with Crippen LogP contribution in [0.4, 0.5) is 0 Å². The predicted octanol–water partition coefficient (Wildman–Crippen LogP) is 0.933. The van der Waals surface area contributed by atoms with Crippen molar-refractivity contribution in [2.75, 3.05) is 13.2 Å². The molecular formula is C9H16N2O. The van der Waals surface area contributed by atoms with Gasteiger partial charge in [0, 0.05) is 12.5 Å². The van der Waals surface area contributed by atoms with E-state index in [1.807, 2.05) is 0 Å². The number of rotatable bonds is 2. The van der Waals surface area contributed by atoms with E-state index in [0.717, 1.165) is 25.5 Å². The minimum atomic E-state index is -0.0212. The zero-order valence-corrected chi connectivity index (χ0v) is 7.55. The summed E-state index contributed by atoms with van der Waals surface area (Å²) >= 11 is 0. The van der Waals surface area contributed by atoms with Gasteiger partial charge in [-0.3, -0.25) is 4.99 Å². The summed E-state index contributed by atoms with van der Waals surface area (Å²) in [5.41, 5.74) is 5.82. The Morgan fingerprint density at radius 3 is 2.83 bits per heavy atom. The minimum Gasteiger partial charge on any atom is -0.387 e. The summed E-state index contributed by atoms with van der Waals surface area (Å²) in [5.74, 6) is 1.44. The van der Waals surface area contributed by atoms with E-state index in [9.17, 15) is 0 Å². The molecule has 2 aliphatic rings. The van der Waals surface area contributed by atoms with Crippen molar-refractivity contribution < 1.29 is 4.74 Å². The molecule has 0 spiro atoms. The van der Waals surface area contributed by atoms with Gasteiger partial charge >= 0.3 is 0 Å². The van der Waals surface area contributed by atoms with Gasteiger partial charge in [-0.25, -0.2) is 0 Å². The van der Waals surface area contributed by atoms with Crippen LogP contribution in [0.1, 0.15) is 26.2 Å². The Hall–Kier alpha value is -0.570. The van der Waals surface area contributed by atoms with Gasteiger partial charge in [0.15, 0.2) is 0 Å². The van der Waals surface area contributed by atoms with Crippen LogP contribution in [0.25, 0.3) is 0 Å². The fourth-order valence-electron chi connectivity index (χ4n) is 1.53. The van der Waals surface area contributed by atoms with Gasteiger partial charge in [0.2, 0.25) is 0 Å². The van der Waals surface area contributed by atoms with Gasteiger partial charge in [0.25, 0.3) is 0 Å². The molecule has 0 aromatic heterocycles. The lowest BCUT2D eigenvalue weighted by Crippen LogP contribution is -2.27. The van der Waals surface area contributed by atoms with Gasteiger partial charge in [-0.05, 0) is 26.2 Å². The molecule has 0 bridgehead atoms. The maximum Gasteiger partial charge on any atom is 0.0976 e. The van der Waals surface area contributed by atoms with Crippen LogP contribution >= 0.6 is 0 Å². The van der Waals surface area contributed by atoms with Crippen LogP contribution in [0.15, 0.2) is 4.99 Å². The van der Waals surface area contributed by atoms with Gasteiger partial charge < -0.3 is 10.5 Å². The average molecular weight is 168 g/mol. The second kappa shape index (κ2) is 2.73. The van der Waals surface area contributed by atoms with E-state index in [1.165, 1.54) is 12.8 Å². The molecule has 1 aliphatic carbocycles. The molecule has 68 valence electrons. The number of nitrogens with zero attached hydrogens (tertiary/aromatic N) is 1. The summed E-state index contributed by atoms with van der Waals surface area (Å²) in [6, 6.07) is 0. The second-order valence-electron chi connectivity index (χ2n) is 4.11. The Bertz CT molecular complexity index is 203. The molecule has 1 unspecified atom stereocenters. The molecule has 2 rings (SSSR count). The zero-order chi connectivity index (χ0) is 8.60. The largest absolute Gasteiger partial charge is 0.387 e. The van der Waals surface area contributed by atoms with Crippen molar-refractivity contribution in [3.8, 4) is 0 Å². The lowest BCUT2D eigenvalue weighted by molar-refractivity contribution is 0.182. The first-order chi connectivity index (χ1) is 5.70. The summed E-state index contributed by atoms with van der Waals surface area (Å²) in [4.78, 5) is 4.54. The molecule has 0 aromatic carbocycles. The third-order valence-electron chi connectivity index (χ3n) is 2.59. The number of hydrogen-bond donors (Lipinski definition) is 1. The van der Waals surface area contributed by atoms with Gasteiger partial charge in [-0.15, -0.1) is 0 Å². The topological polar surface area (TPSA) is 47.6 Å².